The van der Waals surface area contributed by atoms with E-state index in [0.717, 1.165) is 19.2 Å². The third kappa shape index (κ3) is 2.25. The molecule has 4 rings (SSSR count). The first-order chi connectivity index (χ1) is 11.5. The summed E-state index contributed by atoms with van der Waals surface area (Å²) in [4.78, 5) is 20.0. The van der Waals surface area contributed by atoms with Crippen LogP contribution in [-0.4, -0.2) is 64.9 Å². The Bertz CT molecular complexity index is 858. The molecule has 1 amide bonds. The summed E-state index contributed by atoms with van der Waals surface area (Å²) in [6.45, 7) is 0. The molecule has 11 heteroatoms. The summed E-state index contributed by atoms with van der Waals surface area (Å²) < 4.78 is 7.37. The zero-order valence-electron chi connectivity index (χ0n) is 12.4. The summed E-state index contributed by atoms with van der Waals surface area (Å²) in [7, 11) is 0. The zero-order chi connectivity index (χ0) is 17.0. The number of aliphatic hydroxyl groups is 2. The van der Waals surface area contributed by atoms with Gasteiger partial charge in [0.2, 0.25) is 0 Å². The lowest BCUT2D eigenvalue weighted by Crippen LogP contribution is -2.43. The van der Waals surface area contributed by atoms with Crippen molar-refractivity contribution < 1.29 is 25.0 Å². The van der Waals surface area contributed by atoms with E-state index in [1.807, 2.05) is 0 Å². The van der Waals surface area contributed by atoms with Gasteiger partial charge >= 0.3 is 0 Å². The van der Waals surface area contributed by atoms with Crippen LogP contribution in [0, 0.1) is 5.41 Å². The standard InChI is InChI=1S/C13H16N6O5/c14-10-6-11(16-4-19(10)23)18(3-15-6)13-8(21)7(20)9(24-13)12(22)17-5-1-2-5/h3-5,7-9,13-14,20-21,23H,1-2H2,(H,17,22). The number of fused-ring (bicyclic) bond motifs is 1. The maximum Gasteiger partial charge on any atom is 0.252 e. The van der Waals surface area contributed by atoms with E-state index < -0.39 is 30.4 Å². The number of hydrogen-bond acceptors (Lipinski definition) is 8. The molecule has 0 bridgehead atoms. The lowest BCUT2D eigenvalue weighted by atomic mass is 10.1. The van der Waals surface area contributed by atoms with Gasteiger partial charge in [0, 0.05) is 6.04 Å². The second kappa shape index (κ2) is 5.26. The summed E-state index contributed by atoms with van der Waals surface area (Å²) in [6.07, 6.45) is -0.974. The molecule has 1 saturated heterocycles. The summed E-state index contributed by atoms with van der Waals surface area (Å²) >= 11 is 0. The number of imidazole rings is 1. The maximum atomic E-state index is 12.1. The van der Waals surface area contributed by atoms with Gasteiger partial charge in [0.15, 0.2) is 29.0 Å². The molecule has 128 valence electrons. The fourth-order valence-corrected chi connectivity index (χ4v) is 2.73. The molecule has 2 fully saturated rings. The van der Waals surface area contributed by atoms with Gasteiger partial charge in [0.05, 0.1) is 6.33 Å². The Hall–Kier alpha value is -2.50. The van der Waals surface area contributed by atoms with Gasteiger partial charge in [-0.15, -0.1) is 0 Å². The van der Waals surface area contributed by atoms with Crippen molar-refractivity contribution in [2.75, 3.05) is 0 Å². The molecule has 0 spiro atoms. The molecular weight excluding hydrogens is 320 g/mol. The van der Waals surface area contributed by atoms with Crippen molar-refractivity contribution in [2.45, 2.75) is 43.4 Å². The molecule has 1 aliphatic heterocycles. The monoisotopic (exact) mass is 336 g/mol. The van der Waals surface area contributed by atoms with Crippen molar-refractivity contribution >= 4 is 17.1 Å². The Morgan fingerprint density at radius 3 is 2.75 bits per heavy atom. The number of nitrogens with zero attached hydrogens (tertiary/aromatic N) is 4. The average Bonchev–Trinajstić information content (AvgIpc) is 3.19. The number of carbonyl (C=O) groups is 1. The molecular formula is C13H16N6O5. The van der Waals surface area contributed by atoms with Gasteiger partial charge in [-0.25, -0.2) is 9.97 Å². The van der Waals surface area contributed by atoms with E-state index in [2.05, 4.69) is 15.3 Å². The predicted molar refractivity (Wildman–Crippen MR) is 75.6 cm³/mol. The molecule has 4 unspecified atom stereocenters. The molecule has 5 N–H and O–H groups in total. The van der Waals surface area contributed by atoms with Crippen LogP contribution in [0.15, 0.2) is 12.7 Å². The maximum absolute atomic E-state index is 12.1. The van der Waals surface area contributed by atoms with Gasteiger partial charge < -0.3 is 25.5 Å². The first-order valence-corrected chi connectivity index (χ1v) is 7.47. The van der Waals surface area contributed by atoms with Gasteiger partial charge in [-0.2, -0.15) is 4.73 Å². The topological polar surface area (TPSA) is 159 Å². The molecule has 2 aliphatic rings. The minimum atomic E-state index is -1.40. The fraction of sp³-hybridized carbons (Fsp3) is 0.538. The summed E-state index contributed by atoms with van der Waals surface area (Å²) in [5, 5.41) is 40.3. The Balaban J connectivity index is 1.65. The minimum Gasteiger partial charge on any atom is -0.425 e. The summed E-state index contributed by atoms with van der Waals surface area (Å²) in [5.41, 5.74) is -0.00390. The lowest BCUT2D eigenvalue weighted by molar-refractivity contribution is -0.137. The van der Waals surface area contributed by atoms with Crippen LogP contribution in [0.1, 0.15) is 19.1 Å². The fourth-order valence-electron chi connectivity index (χ4n) is 2.73. The molecule has 11 nitrogen and oxygen atoms in total. The molecule has 24 heavy (non-hydrogen) atoms. The Morgan fingerprint density at radius 2 is 2.04 bits per heavy atom. The number of aromatic nitrogens is 4. The van der Waals surface area contributed by atoms with E-state index in [-0.39, 0.29) is 22.7 Å². The van der Waals surface area contributed by atoms with Crippen molar-refractivity contribution in [2.24, 2.45) is 0 Å². The van der Waals surface area contributed by atoms with Gasteiger partial charge in [0.1, 0.15) is 18.5 Å². The smallest absolute Gasteiger partial charge is 0.252 e. The number of nitrogens with one attached hydrogen (secondary N) is 2. The number of carbonyl (C=O) groups excluding carboxylic acids is 1. The highest BCUT2D eigenvalue weighted by molar-refractivity contribution is 5.82. The Labute approximate surface area is 134 Å². The van der Waals surface area contributed by atoms with Crippen LogP contribution in [-0.2, 0) is 9.53 Å². The van der Waals surface area contributed by atoms with Gasteiger partial charge in [-0.05, 0) is 12.8 Å². The normalized spacial score (nSPS) is 29.9. The first kappa shape index (κ1) is 15.1. The highest BCUT2D eigenvalue weighted by Gasteiger charge is 2.48. The van der Waals surface area contributed by atoms with E-state index in [1.54, 1.807) is 0 Å². The molecule has 0 radical (unpaired) electrons. The highest BCUT2D eigenvalue weighted by Crippen LogP contribution is 2.31. The number of rotatable bonds is 3. The van der Waals surface area contributed by atoms with Crippen LogP contribution < -0.4 is 10.8 Å². The summed E-state index contributed by atoms with van der Waals surface area (Å²) in [6, 6.07) is 0.103. The van der Waals surface area contributed by atoms with Crippen LogP contribution in [0.25, 0.3) is 11.2 Å². The molecule has 0 aromatic carbocycles. The van der Waals surface area contributed by atoms with E-state index in [1.165, 1.54) is 10.9 Å². The van der Waals surface area contributed by atoms with Crippen molar-refractivity contribution in [3.63, 3.8) is 0 Å². The van der Waals surface area contributed by atoms with Crippen LogP contribution >= 0.6 is 0 Å². The second-order valence-electron chi connectivity index (χ2n) is 5.97. The van der Waals surface area contributed by atoms with E-state index in [4.69, 9.17) is 10.1 Å². The first-order valence-electron chi connectivity index (χ1n) is 7.47. The van der Waals surface area contributed by atoms with Crippen molar-refractivity contribution in [1.29, 1.82) is 5.41 Å². The number of aliphatic hydroxyl groups excluding tert-OH is 2. The third-order valence-electron chi connectivity index (χ3n) is 4.21. The van der Waals surface area contributed by atoms with Gasteiger partial charge in [-0.1, -0.05) is 0 Å². The second-order valence-corrected chi connectivity index (χ2v) is 5.97. The minimum absolute atomic E-state index is 0.0937. The predicted octanol–water partition coefficient (Wildman–Crippen LogP) is -2.15. The molecule has 2 aromatic heterocycles. The number of amides is 1. The van der Waals surface area contributed by atoms with Crippen molar-refractivity contribution in [3.8, 4) is 0 Å². The Morgan fingerprint density at radius 1 is 1.29 bits per heavy atom. The van der Waals surface area contributed by atoms with E-state index in [0.29, 0.717) is 4.73 Å². The van der Waals surface area contributed by atoms with Gasteiger partial charge in [-0.3, -0.25) is 14.8 Å². The van der Waals surface area contributed by atoms with E-state index in [9.17, 15) is 20.2 Å². The molecule has 3 heterocycles. The molecule has 4 atom stereocenters. The van der Waals surface area contributed by atoms with Crippen LogP contribution in [0.3, 0.4) is 0 Å². The number of ether oxygens (including phenoxy) is 1. The van der Waals surface area contributed by atoms with Crippen molar-refractivity contribution in [3.05, 3.63) is 18.1 Å². The van der Waals surface area contributed by atoms with Gasteiger partial charge in [0.25, 0.3) is 5.91 Å². The van der Waals surface area contributed by atoms with Crippen LogP contribution in [0.4, 0.5) is 0 Å². The largest absolute Gasteiger partial charge is 0.425 e. The average molecular weight is 336 g/mol. The van der Waals surface area contributed by atoms with E-state index >= 15 is 0 Å². The molecule has 1 aliphatic carbocycles. The quantitative estimate of drug-likeness (QED) is 0.399. The van der Waals surface area contributed by atoms with Crippen molar-refractivity contribution in [1.82, 2.24) is 24.6 Å². The van der Waals surface area contributed by atoms with Crippen LogP contribution in [0.2, 0.25) is 0 Å². The zero-order valence-corrected chi connectivity index (χ0v) is 12.4. The molecule has 2 aromatic rings. The third-order valence-corrected chi connectivity index (χ3v) is 4.21. The highest BCUT2D eigenvalue weighted by atomic mass is 16.6. The molecule has 1 saturated carbocycles. The summed E-state index contributed by atoms with van der Waals surface area (Å²) in [5.74, 6) is -0.474. The number of hydrogen-bond donors (Lipinski definition) is 5. The lowest BCUT2D eigenvalue weighted by Gasteiger charge is -2.16. The van der Waals surface area contributed by atoms with Crippen LogP contribution in [0.5, 0.6) is 0 Å². The SMILES string of the molecule is N=c1c2ncn(C3OC(C(=O)NC4CC4)C(O)C3O)c2ncn1O. The Kier molecular flexibility index (Phi) is 3.30.